The van der Waals surface area contributed by atoms with Crippen LogP contribution in [0.5, 0.6) is 0 Å². The lowest BCUT2D eigenvalue weighted by atomic mass is 10.1. The molecule has 0 aromatic heterocycles. The monoisotopic (exact) mass is 217 g/mol. The van der Waals surface area contributed by atoms with E-state index in [0.717, 1.165) is 29.8 Å². The van der Waals surface area contributed by atoms with Crippen molar-refractivity contribution in [2.24, 2.45) is 0 Å². The third-order valence-electron chi connectivity index (χ3n) is 2.64. The number of rotatable bonds is 5. The number of hydrogen-bond donors (Lipinski definition) is 1. The van der Waals surface area contributed by atoms with Crippen LogP contribution in [-0.4, -0.2) is 18.2 Å². The number of aliphatic hydroxyl groups is 1. The molecule has 0 spiro atoms. The lowest BCUT2D eigenvalue weighted by Gasteiger charge is -2.22. The van der Waals surface area contributed by atoms with Crippen molar-refractivity contribution >= 4 is 5.69 Å². The van der Waals surface area contributed by atoms with Crippen molar-refractivity contribution in [2.45, 2.75) is 26.9 Å². The van der Waals surface area contributed by atoms with Gasteiger partial charge in [-0.15, -0.1) is 6.42 Å². The van der Waals surface area contributed by atoms with Crippen LogP contribution in [0.1, 0.15) is 24.5 Å². The average Bonchev–Trinajstić information content (AvgIpc) is 2.28. The smallest absolute Gasteiger partial charge is 0.0791 e. The fourth-order valence-corrected chi connectivity index (χ4v) is 1.73. The van der Waals surface area contributed by atoms with Crippen molar-refractivity contribution in [3.63, 3.8) is 0 Å². The quantitative estimate of drug-likeness (QED) is 0.765. The van der Waals surface area contributed by atoms with Gasteiger partial charge in [0.05, 0.1) is 13.2 Å². The number of terminal acetylenes is 1. The molecule has 0 radical (unpaired) electrons. The molecule has 16 heavy (non-hydrogen) atoms. The Kier molecular flexibility index (Phi) is 4.88. The second-order valence-electron chi connectivity index (χ2n) is 3.89. The summed E-state index contributed by atoms with van der Waals surface area (Å²) in [6.07, 6.45) is 6.43. The van der Waals surface area contributed by atoms with E-state index in [1.807, 2.05) is 19.1 Å². The maximum absolute atomic E-state index is 9.11. The van der Waals surface area contributed by atoms with Crippen LogP contribution in [0.4, 0.5) is 5.69 Å². The normalized spacial score (nSPS) is 9.88. The van der Waals surface area contributed by atoms with Crippen LogP contribution in [0.3, 0.4) is 0 Å². The molecule has 2 heteroatoms. The van der Waals surface area contributed by atoms with E-state index in [9.17, 15) is 0 Å². The summed E-state index contributed by atoms with van der Waals surface area (Å²) >= 11 is 0. The molecule has 0 atom stereocenters. The van der Waals surface area contributed by atoms with Gasteiger partial charge in [-0.1, -0.05) is 18.9 Å². The van der Waals surface area contributed by atoms with Gasteiger partial charge in [-0.2, -0.15) is 0 Å². The molecule has 0 bridgehead atoms. The summed E-state index contributed by atoms with van der Waals surface area (Å²) in [5.74, 6) is 2.68. The highest BCUT2D eigenvalue weighted by Crippen LogP contribution is 2.19. The zero-order valence-corrected chi connectivity index (χ0v) is 10.0. The van der Waals surface area contributed by atoms with Crippen LogP contribution in [0.25, 0.3) is 0 Å². The molecule has 0 amide bonds. The highest BCUT2D eigenvalue weighted by Gasteiger charge is 2.05. The number of anilines is 1. The Morgan fingerprint density at radius 2 is 2.19 bits per heavy atom. The molecule has 86 valence electrons. The average molecular weight is 217 g/mol. The zero-order chi connectivity index (χ0) is 12.0. The van der Waals surface area contributed by atoms with E-state index in [-0.39, 0.29) is 6.61 Å². The summed E-state index contributed by atoms with van der Waals surface area (Å²) in [5.41, 5.74) is 3.22. The zero-order valence-electron chi connectivity index (χ0n) is 10.0. The van der Waals surface area contributed by atoms with Crippen LogP contribution in [0, 0.1) is 19.3 Å². The Bertz CT molecular complexity index is 379. The van der Waals surface area contributed by atoms with E-state index in [1.54, 1.807) is 0 Å². The van der Waals surface area contributed by atoms with Crippen molar-refractivity contribution in [3.05, 3.63) is 29.3 Å². The van der Waals surface area contributed by atoms with Gasteiger partial charge in [-0.05, 0) is 36.6 Å². The predicted octanol–water partition coefficient (Wildman–Crippen LogP) is 2.34. The van der Waals surface area contributed by atoms with Crippen LogP contribution in [0.15, 0.2) is 18.2 Å². The summed E-state index contributed by atoms with van der Waals surface area (Å²) in [5, 5.41) is 9.11. The molecule has 0 aliphatic rings. The maximum Gasteiger partial charge on any atom is 0.0791 e. The van der Waals surface area contributed by atoms with E-state index >= 15 is 0 Å². The van der Waals surface area contributed by atoms with Crippen molar-refractivity contribution in [1.82, 2.24) is 0 Å². The third-order valence-corrected chi connectivity index (χ3v) is 2.64. The van der Waals surface area contributed by atoms with Gasteiger partial charge in [-0.25, -0.2) is 0 Å². The third kappa shape index (κ3) is 3.01. The molecule has 1 aromatic rings. The molecule has 0 saturated carbocycles. The molecule has 0 aliphatic carbocycles. The first-order valence-corrected chi connectivity index (χ1v) is 5.61. The minimum Gasteiger partial charge on any atom is -0.392 e. The largest absolute Gasteiger partial charge is 0.392 e. The summed E-state index contributed by atoms with van der Waals surface area (Å²) < 4.78 is 0. The van der Waals surface area contributed by atoms with Crippen LogP contribution < -0.4 is 4.90 Å². The first-order chi connectivity index (χ1) is 7.72. The van der Waals surface area contributed by atoms with Crippen LogP contribution in [0.2, 0.25) is 0 Å². The fourth-order valence-electron chi connectivity index (χ4n) is 1.73. The topological polar surface area (TPSA) is 23.5 Å². The van der Waals surface area contributed by atoms with E-state index in [4.69, 9.17) is 11.5 Å². The van der Waals surface area contributed by atoms with Gasteiger partial charge in [0.2, 0.25) is 0 Å². The number of aryl methyl sites for hydroxylation is 1. The molecular formula is C14H19NO. The lowest BCUT2D eigenvalue weighted by molar-refractivity contribution is 0.281. The molecule has 0 aliphatic heterocycles. The summed E-state index contributed by atoms with van der Waals surface area (Å²) in [6, 6.07) is 6.06. The minimum atomic E-state index is 0.0923. The lowest BCUT2D eigenvalue weighted by Crippen LogP contribution is -2.24. The van der Waals surface area contributed by atoms with Crippen LogP contribution in [-0.2, 0) is 6.61 Å². The van der Waals surface area contributed by atoms with Crippen molar-refractivity contribution in [2.75, 3.05) is 18.0 Å². The van der Waals surface area contributed by atoms with Gasteiger partial charge < -0.3 is 10.0 Å². The fraction of sp³-hybridized carbons (Fsp3) is 0.429. The van der Waals surface area contributed by atoms with Gasteiger partial charge in [0.25, 0.3) is 0 Å². The van der Waals surface area contributed by atoms with E-state index < -0.39 is 0 Å². The molecule has 0 fully saturated rings. The Balaban J connectivity index is 2.93. The van der Waals surface area contributed by atoms with Crippen molar-refractivity contribution in [1.29, 1.82) is 0 Å². The van der Waals surface area contributed by atoms with Crippen molar-refractivity contribution in [3.8, 4) is 12.3 Å². The Labute approximate surface area is 97.9 Å². The molecule has 1 rings (SSSR count). The number of hydrogen-bond acceptors (Lipinski definition) is 2. The Morgan fingerprint density at radius 3 is 2.69 bits per heavy atom. The molecule has 0 unspecified atom stereocenters. The van der Waals surface area contributed by atoms with E-state index in [1.165, 1.54) is 0 Å². The van der Waals surface area contributed by atoms with Crippen molar-refractivity contribution < 1.29 is 5.11 Å². The van der Waals surface area contributed by atoms with Gasteiger partial charge in [-0.3, -0.25) is 0 Å². The number of aliphatic hydroxyl groups excluding tert-OH is 1. The maximum atomic E-state index is 9.11. The summed E-state index contributed by atoms with van der Waals surface area (Å²) in [7, 11) is 0. The minimum absolute atomic E-state index is 0.0923. The standard InChI is InChI=1S/C14H19NO/c1-4-8-15(9-5-2)14-7-6-13(11-16)12(3)10-14/h1,6-7,10,16H,5,8-9,11H2,2-3H3. The molecule has 0 saturated heterocycles. The Hall–Kier alpha value is -1.46. The first kappa shape index (κ1) is 12.6. The SMILES string of the molecule is C#CCN(CCC)c1ccc(CO)c(C)c1. The predicted molar refractivity (Wildman–Crippen MR) is 68.4 cm³/mol. The second-order valence-corrected chi connectivity index (χ2v) is 3.89. The molecule has 2 nitrogen and oxygen atoms in total. The highest BCUT2D eigenvalue weighted by atomic mass is 16.3. The number of benzene rings is 1. The van der Waals surface area contributed by atoms with E-state index in [0.29, 0.717) is 6.54 Å². The first-order valence-electron chi connectivity index (χ1n) is 5.61. The summed E-state index contributed by atoms with van der Waals surface area (Å²) in [6.45, 7) is 5.83. The Morgan fingerprint density at radius 1 is 1.44 bits per heavy atom. The van der Waals surface area contributed by atoms with Gasteiger partial charge in [0.1, 0.15) is 0 Å². The van der Waals surface area contributed by atoms with Gasteiger partial charge in [0.15, 0.2) is 0 Å². The van der Waals surface area contributed by atoms with Gasteiger partial charge in [0, 0.05) is 12.2 Å². The molecular weight excluding hydrogens is 198 g/mol. The number of nitrogens with zero attached hydrogens (tertiary/aromatic N) is 1. The summed E-state index contributed by atoms with van der Waals surface area (Å²) in [4.78, 5) is 2.17. The van der Waals surface area contributed by atoms with E-state index in [2.05, 4.69) is 23.8 Å². The second kappa shape index (κ2) is 6.19. The molecule has 1 N–H and O–H groups in total. The highest BCUT2D eigenvalue weighted by molar-refractivity contribution is 5.51. The van der Waals surface area contributed by atoms with Crippen LogP contribution >= 0.6 is 0 Å². The molecule has 0 heterocycles. The molecule has 1 aromatic carbocycles. The van der Waals surface area contributed by atoms with Gasteiger partial charge >= 0.3 is 0 Å².